The Kier molecular flexibility index (Phi) is 2.34. The first-order valence-electron chi connectivity index (χ1n) is 2.76. The maximum atomic E-state index is 10.1. The van der Waals surface area contributed by atoms with Gasteiger partial charge in [0.25, 0.3) is 0 Å². The number of hydrogen-bond acceptors (Lipinski definition) is 4. The Bertz CT molecular complexity index is 168. The van der Waals surface area contributed by atoms with Crippen LogP contribution in [0.5, 0.6) is 0 Å². The first-order chi connectivity index (χ1) is 4.39. The fourth-order valence-corrected chi connectivity index (χ4v) is 0.460. The second-order valence-corrected chi connectivity index (χ2v) is 2.93. The molecule has 0 aromatic heterocycles. The smallest absolute Gasteiger partial charge is 0.358 e. The van der Waals surface area contributed by atoms with Crippen LogP contribution in [-0.2, 0) is 0 Å². The van der Waals surface area contributed by atoms with Crippen molar-refractivity contribution >= 4 is 5.84 Å². The molecule has 0 atom stereocenters. The summed E-state index contributed by atoms with van der Waals surface area (Å²) in [4.78, 5) is 9.40. The number of oxime groups is 1. The molecular formula is C5H10N2O3. The molecule has 0 aliphatic rings. The zero-order valence-electron chi connectivity index (χ0n) is 6.16. The lowest BCUT2D eigenvalue weighted by Crippen LogP contribution is -2.27. The third kappa shape index (κ3) is 2.00. The highest BCUT2D eigenvalue weighted by Gasteiger charge is 2.30. The molecule has 58 valence electrons. The summed E-state index contributed by atoms with van der Waals surface area (Å²) in [6.45, 7) is 4.81. The van der Waals surface area contributed by atoms with Crippen molar-refractivity contribution in [2.45, 2.75) is 20.8 Å². The number of nitro groups is 1. The highest BCUT2D eigenvalue weighted by atomic mass is 16.6. The predicted octanol–water partition coefficient (Wildman–Crippen LogP) is 1.10. The highest BCUT2D eigenvalue weighted by Crippen LogP contribution is 2.15. The van der Waals surface area contributed by atoms with Crippen LogP contribution in [0.15, 0.2) is 5.16 Å². The van der Waals surface area contributed by atoms with Gasteiger partial charge in [-0.25, -0.2) is 0 Å². The molecule has 5 heteroatoms. The molecule has 1 N–H and O–H groups in total. The van der Waals surface area contributed by atoms with Crippen molar-refractivity contribution in [3.8, 4) is 0 Å². The van der Waals surface area contributed by atoms with Crippen molar-refractivity contribution < 1.29 is 10.1 Å². The van der Waals surface area contributed by atoms with Crippen LogP contribution in [0.3, 0.4) is 0 Å². The van der Waals surface area contributed by atoms with Crippen molar-refractivity contribution in [3.05, 3.63) is 10.1 Å². The summed E-state index contributed by atoms with van der Waals surface area (Å²) < 4.78 is 0. The molecule has 0 aliphatic carbocycles. The minimum atomic E-state index is -0.710. The summed E-state index contributed by atoms with van der Waals surface area (Å²) in [6, 6.07) is 0. The Balaban J connectivity index is 4.56. The average molecular weight is 146 g/mol. The van der Waals surface area contributed by atoms with E-state index in [2.05, 4.69) is 5.16 Å². The quantitative estimate of drug-likeness (QED) is 0.183. The second kappa shape index (κ2) is 2.64. The van der Waals surface area contributed by atoms with E-state index in [1.165, 1.54) is 0 Å². The molecule has 0 saturated heterocycles. The molecule has 0 aliphatic heterocycles. The zero-order valence-corrected chi connectivity index (χ0v) is 6.16. The summed E-state index contributed by atoms with van der Waals surface area (Å²) >= 11 is 0. The number of amidine groups is 1. The second-order valence-electron chi connectivity index (χ2n) is 2.93. The average Bonchev–Trinajstić information content (AvgIpc) is 1.60. The Morgan fingerprint density at radius 3 is 2.00 bits per heavy atom. The Morgan fingerprint density at radius 2 is 2.00 bits per heavy atom. The number of hydrogen-bond donors (Lipinski definition) is 1. The number of nitrogens with zero attached hydrogens (tertiary/aromatic N) is 2. The van der Waals surface area contributed by atoms with E-state index in [9.17, 15) is 10.1 Å². The summed E-state index contributed by atoms with van der Waals surface area (Å²) in [5, 5.41) is 20.8. The molecule has 10 heavy (non-hydrogen) atoms. The lowest BCUT2D eigenvalue weighted by atomic mass is 9.95. The van der Waals surface area contributed by atoms with Crippen molar-refractivity contribution in [1.82, 2.24) is 0 Å². The largest absolute Gasteiger partial charge is 0.390 e. The molecule has 5 nitrogen and oxygen atoms in total. The number of rotatable bonds is 0. The topological polar surface area (TPSA) is 75.7 Å². The van der Waals surface area contributed by atoms with E-state index < -0.39 is 16.2 Å². The molecule has 0 fully saturated rings. The van der Waals surface area contributed by atoms with Crippen LogP contribution in [0.25, 0.3) is 0 Å². The Hall–Kier alpha value is -1.13. The van der Waals surface area contributed by atoms with Crippen LogP contribution in [0.4, 0.5) is 0 Å². The lowest BCUT2D eigenvalue weighted by molar-refractivity contribution is -0.362. The standard InChI is InChI=1S/C5H10N2O3/c1-5(2,3)4(6-8)7(9)10/h8H,1-3H3/b6-4+. The van der Waals surface area contributed by atoms with Crippen LogP contribution in [0, 0.1) is 15.5 Å². The van der Waals surface area contributed by atoms with Crippen molar-refractivity contribution in [3.63, 3.8) is 0 Å². The maximum Gasteiger partial charge on any atom is 0.390 e. The van der Waals surface area contributed by atoms with Gasteiger partial charge in [-0.05, 0) is 25.7 Å². The molecular weight excluding hydrogens is 136 g/mol. The molecule has 0 radical (unpaired) electrons. The van der Waals surface area contributed by atoms with E-state index >= 15 is 0 Å². The van der Waals surface area contributed by atoms with E-state index in [1.54, 1.807) is 20.8 Å². The van der Waals surface area contributed by atoms with Gasteiger partial charge in [0.15, 0.2) is 5.16 Å². The van der Waals surface area contributed by atoms with Crippen molar-refractivity contribution in [2.24, 2.45) is 10.6 Å². The third-order valence-electron chi connectivity index (χ3n) is 0.938. The van der Waals surface area contributed by atoms with Crippen LogP contribution in [0.2, 0.25) is 0 Å². The van der Waals surface area contributed by atoms with E-state index in [0.717, 1.165) is 0 Å². The molecule has 0 amide bonds. The molecule has 0 bridgehead atoms. The van der Waals surface area contributed by atoms with Gasteiger partial charge in [0.2, 0.25) is 0 Å². The van der Waals surface area contributed by atoms with Gasteiger partial charge >= 0.3 is 5.84 Å². The minimum absolute atomic E-state index is 0.424. The molecule has 0 aromatic carbocycles. The summed E-state index contributed by atoms with van der Waals surface area (Å²) in [6.07, 6.45) is 0. The van der Waals surface area contributed by atoms with Gasteiger partial charge in [0.05, 0.1) is 5.41 Å². The van der Waals surface area contributed by atoms with Gasteiger partial charge < -0.3 is 15.3 Å². The molecule has 0 spiro atoms. The Morgan fingerprint density at radius 1 is 1.60 bits per heavy atom. The Labute approximate surface area is 58.5 Å². The lowest BCUT2D eigenvalue weighted by Gasteiger charge is -2.10. The molecule has 0 aromatic rings. The van der Waals surface area contributed by atoms with Gasteiger partial charge in [-0.3, -0.25) is 0 Å². The summed E-state index contributed by atoms with van der Waals surface area (Å²) in [5.74, 6) is -0.424. The van der Waals surface area contributed by atoms with E-state index in [0.29, 0.717) is 0 Å². The van der Waals surface area contributed by atoms with Gasteiger partial charge in [0, 0.05) is 0 Å². The molecule has 0 rings (SSSR count). The minimum Gasteiger partial charge on any atom is -0.358 e. The van der Waals surface area contributed by atoms with Gasteiger partial charge in [-0.1, -0.05) is 0 Å². The van der Waals surface area contributed by atoms with E-state index in [4.69, 9.17) is 5.21 Å². The van der Waals surface area contributed by atoms with Gasteiger partial charge in [-0.2, -0.15) is 0 Å². The molecule has 0 heterocycles. The van der Waals surface area contributed by atoms with Gasteiger partial charge in [-0.15, -0.1) is 0 Å². The van der Waals surface area contributed by atoms with Crippen LogP contribution in [-0.4, -0.2) is 16.0 Å². The van der Waals surface area contributed by atoms with E-state index in [1.807, 2.05) is 0 Å². The monoisotopic (exact) mass is 146 g/mol. The summed E-state index contributed by atoms with van der Waals surface area (Å²) in [5.41, 5.74) is -0.710. The van der Waals surface area contributed by atoms with E-state index in [-0.39, 0.29) is 0 Å². The maximum absolute atomic E-state index is 10.1. The zero-order chi connectivity index (χ0) is 8.36. The highest BCUT2D eigenvalue weighted by molar-refractivity contribution is 5.78. The van der Waals surface area contributed by atoms with Crippen LogP contribution < -0.4 is 0 Å². The van der Waals surface area contributed by atoms with Crippen LogP contribution in [0.1, 0.15) is 20.8 Å². The van der Waals surface area contributed by atoms with Crippen molar-refractivity contribution in [1.29, 1.82) is 0 Å². The van der Waals surface area contributed by atoms with Crippen molar-refractivity contribution in [2.75, 3.05) is 0 Å². The first-order valence-corrected chi connectivity index (χ1v) is 2.76. The fraction of sp³-hybridized carbons (Fsp3) is 0.800. The first kappa shape index (κ1) is 8.87. The van der Waals surface area contributed by atoms with Gasteiger partial charge in [0.1, 0.15) is 0 Å². The molecule has 0 saturated carbocycles. The van der Waals surface area contributed by atoms with Crippen LogP contribution >= 0.6 is 0 Å². The fourth-order valence-electron chi connectivity index (χ4n) is 0.460. The normalized spacial score (nSPS) is 13.3. The third-order valence-corrected chi connectivity index (χ3v) is 0.938. The predicted molar refractivity (Wildman–Crippen MR) is 35.7 cm³/mol. The SMILES string of the molecule is CC(C)(C)/C(=N\O)[N+](=O)[O-]. The molecule has 0 unspecified atom stereocenters. The summed E-state index contributed by atoms with van der Waals surface area (Å²) in [7, 11) is 0.